The van der Waals surface area contributed by atoms with Crippen molar-refractivity contribution in [1.82, 2.24) is 9.80 Å². The lowest BCUT2D eigenvalue weighted by Crippen LogP contribution is -2.42. The van der Waals surface area contributed by atoms with Gasteiger partial charge in [0.1, 0.15) is 11.5 Å². The highest BCUT2D eigenvalue weighted by Crippen LogP contribution is 2.49. The molecule has 1 fully saturated rings. The number of amides is 1. The number of likely N-dealkylation sites (N-methyl/N-ethyl adjacent to an activating group) is 1. The van der Waals surface area contributed by atoms with Gasteiger partial charge in [-0.05, 0) is 43.0 Å². The van der Waals surface area contributed by atoms with E-state index in [2.05, 4.69) is 11.0 Å². The predicted molar refractivity (Wildman–Crippen MR) is 98.6 cm³/mol. The minimum absolute atomic E-state index is 0.0165. The number of carbonyl (C=O) groups is 1. The van der Waals surface area contributed by atoms with Crippen LogP contribution in [0.25, 0.3) is 0 Å². The zero-order valence-corrected chi connectivity index (χ0v) is 15.7. The van der Waals surface area contributed by atoms with Gasteiger partial charge >= 0.3 is 0 Å². The highest BCUT2D eigenvalue weighted by atomic mass is 16.5. The van der Waals surface area contributed by atoms with Crippen LogP contribution in [0.4, 0.5) is 0 Å². The summed E-state index contributed by atoms with van der Waals surface area (Å²) in [6.45, 7) is 4.65. The number of benzene rings is 1. The Morgan fingerprint density at radius 3 is 2.58 bits per heavy atom. The Bertz CT molecular complexity index is 803. The Labute approximate surface area is 154 Å². The number of aryl methyl sites for hydroxylation is 1. The SMILES string of the molecule is Cc1ccc(CN2CCC3(CC2)OC(C(=O)N(C)C)c2ccccc23)o1. The van der Waals surface area contributed by atoms with E-state index in [1.165, 1.54) is 5.56 Å². The second-order valence-electron chi connectivity index (χ2n) is 7.60. The van der Waals surface area contributed by atoms with Gasteiger partial charge in [0.15, 0.2) is 6.10 Å². The van der Waals surface area contributed by atoms with Crippen LogP contribution in [0.15, 0.2) is 40.8 Å². The summed E-state index contributed by atoms with van der Waals surface area (Å²) in [5, 5.41) is 0. The fraction of sp³-hybridized carbons (Fsp3) is 0.476. The monoisotopic (exact) mass is 354 g/mol. The van der Waals surface area contributed by atoms with Crippen LogP contribution in [0.5, 0.6) is 0 Å². The van der Waals surface area contributed by atoms with Gasteiger partial charge in [0.2, 0.25) is 0 Å². The van der Waals surface area contributed by atoms with E-state index >= 15 is 0 Å². The van der Waals surface area contributed by atoms with Crippen molar-refractivity contribution in [3.63, 3.8) is 0 Å². The van der Waals surface area contributed by atoms with Crippen LogP contribution in [-0.2, 0) is 21.7 Å². The molecule has 1 spiro atoms. The second-order valence-corrected chi connectivity index (χ2v) is 7.60. The summed E-state index contributed by atoms with van der Waals surface area (Å²) in [6.07, 6.45) is 1.29. The number of nitrogens with zero attached hydrogens (tertiary/aromatic N) is 2. The summed E-state index contributed by atoms with van der Waals surface area (Å²) in [7, 11) is 3.57. The van der Waals surface area contributed by atoms with Gasteiger partial charge < -0.3 is 14.1 Å². The molecule has 2 aromatic rings. The quantitative estimate of drug-likeness (QED) is 0.849. The van der Waals surface area contributed by atoms with Gasteiger partial charge in [-0.15, -0.1) is 0 Å². The Kier molecular flexibility index (Phi) is 4.37. The Morgan fingerprint density at radius 1 is 1.19 bits per heavy atom. The Hall–Kier alpha value is -2.11. The van der Waals surface area contributed by atoms with E-state index in [1.54, 1.807) is 19.0 Å². The average molecular weight is 354 g/mol. The summed E-state index contributed by atoms with van der Waals surface area (Å²) in [4.78, 5) is 16.6. The van der Waals surface area contributed by atoms with E-state index in [0.717, 1.165) is 49.6 Å². The maximum atomic E-state index is 12.6. The normalized spacial score (nSPS) is 21.7. The number of fused-ring (bicyclic) bond motifs is 2. The lowest BCUT2D eigenvalue weighted by Gasteiger charge is -2.39. The topological polar surface area (TPSA) is 45.9 Å². The lowest BCUT2D eigenvalue weighted by molar-refractivity contribution is -0.158. The molecule has 3 heterocycles. The maximum absolute atomic E-state index is 12.6. The molecule has 138 valence electrons. The molecule has 1 atom stereocenters. The van der Waals surface area contributed by atoms with E-state index in [-0.39, 0.29) is 11.5 Å². The van der Waals surface area contributed by atoms with Crippen LogP contribution in [0, 0.1) is 6.92 Å². The highest BCUT2D eigenvalue weighted by molar-refractivity contribution is 5.83. The van der Waals surface area contributed by atoms with Crippen LogP contribution >= 0.6 is 0 Å². The van der Waals surface area contributed by atoms with Crippen molar-refractivity contribution >= 4 is 5.91 Å². The molecule has 0 radical (unpaired) electrons. The minimum Gasteiger partial charge on any atom is -0.465 e. The van der Waals surface area contributed by atoms with Crippen LogP contribution in [-0.4, -0.2) is 42.9 Å². The van der Waals surface area contributed by atoms with Gasteiger partial charge in [-0.2, -0.15) is 0 Å². The van der Waals surface area contributed by atoms with E-state index in [0.29, 0.717) is 0 Å². The van der Waals surface area contributed by atoms with Gasteiger partial charge in [-0.3, -0.25) is 9.69 Å². The molecule has 1 aromatic heterocycles. The number of piperidine rings is 1. The number of carbonyl (C=O) groups excluding carboxylic acids is 1. The lowest BCUT2D eigenvalue weighted by atomic mass is 9.83. The largest absolute Gasteiger partial charge is 0.465 e. The highest BCUT2D eigenvalue weighted by Gasteiger charge is 2.49. The molecule has 4 rings (SSSR count). The molecule has 0 N–H and O–H groups in total. The first-order valence-electron chi connectivity index (χ1n) is 9.24. The third kappa shape index (κ3) is 2.95. The van der Waals surface area contributed by atoms with Crippen LogP contribution in [0.1, 0.15) is 41.6 Å². The zero-order valence-electron chi connectivity index (χ0n) is 15.7. The van der Waals surface area contributed by atoms with Gasteiger partial charge in [-0.1, -0.05) is 24.3 Å². The summed E-state index contributed by atoms with van der Waals surface area (Å²) < 4.78 is 12.2. The molecule has 1 amide bonds. The molecule has 5 heteroatoms. The average Bonchev–Trinajstić information content (AvgIpc) is 3.18. The molecule has 1 saturated heterocycles. The predicted octanol–water partition coefficient (Wildman–Crippen LogP) is 3.24. The van der Waals surface area contributed by atoms with E-state index in [9.17, 15) is 4.79 Å². The summed E-state index contributed by atoms with van der Waals surface area (Å²) in [6, 6.07) is 12.3. The van der Waals surface area contributed by atoms with Crippen LogP contribution in [0.3, 0.4) is 0 Å². The Balaban J connectivity index is 1.52. The number of ether oxygens (including phenoxy) is 1. The fourth-order valence-electron chi connectivity index (χ4n) is 4.16. The third-order valence-corrected chi connectivity index (χ3v) is 5.58. The second kappa shape index (κ2) is 6.56. The standard InChI is InChI=1S/C21H26N2O3/c1-15-8-9-16(25-15)14-23-12-10-21(11-13-23)18-7-5-4-6-17(18)19(26-21)20(24)22(2)3/h4-9,19H,10-14H2,1-3H3. The first-order valence-corrected chi connectivity index (χ1v) is 9.24. The molecule has 2 aliphatic heterocycles. The molecule has 5 nitrogen and oxygen atoms in total. The molecule has 2 aliphatic rings. The molecule has 26 heavy (non-hydrogen) atoms. The third-order valence-electron chi connectivity index (χ3n) is 5.58. The van der Waals surface area contributed by atoms with Crippen molar-refractivity contribution in [3.8, 4) is 0 Å². The smallest absolute Gasteiger partial charge is 0.255 e. The minimum atomic E-state index is -0.486. The first kappa shape index (κ1) is 17.3. The number of hydrogen-bond acceptors (Lipinski definition) is 4. The number of likely N-dealkylation sites (tertiary alicyclic amines) is 1. The van der Waals surface area contributed by atoms with Crippen molar-refractivity contribution in [1.29, 1.82) is 0 Å². The molecule has 0 saturated carbocycles. The fourth-order valence-corrected chi connectivity index (χ4v) is 4.16. The zero-order chi connectivity index (χ0) is 18.3. The van der Waals surface area contributed by atoms with E-state index in [4.69, 9.17) is 9.15 Å². The van der Waals surface area contributed by atoms with Crippen LogP contribution in [0.2, 0.25) is 0 Å². The molecule has 1 unspecified atom stereocenters. The van der Waals surface area contributed by atoms with E-state index < -0.39 is 6.10 Å². The molecule has 0 aliphatic carbocycles. The molecular weight excluding hydrogens is 328 g/mol. The van der Waals surface area contributed by atoms with Crippen molar-refractivity contribution in [3.05, 3.63) is 59.0 Å². The number of hydrogen-bond donors (Lipinski definition) is 0. The van der Waals surface area contributed by atoms with Gasteiger partial charge in [0, 0.05) is 27.2 Å². The Morgan fingerprint density at radius 2 is 1.92 bits per heavy atom. The van der Waals surface area contributed by atoms with Gasteiger partial charge in [0.25, 0.3) is 5.91 Å². The van der Waals surface area contributed by atoms with Gasteiger partial charge in [-0.25, -0.2) is 0 Å². The summed E-state index contributed by atoms with van der Waals surface area (Å²) in [5.41, 5.74) is 1.87. The van der Waals surface area contributed by atoms with Crippen LogP contribution < -0.4 is 0 Å². The summed E-state index contributed by atoms with van der Waals surface area (Å²) >= 11 is 0. The van der Waals surface area contributed by atoms with Crippen molar-refractivity contribution < 1.29 is 13.9 Å². The van der Waals surface area contributed by atoms with Gasteiger partial charge in [0.05, 0.1) is 12.1 Å². The maximum Gasteiger partial charge on any atom is 0.255 e. The molecule has 0 bridgehead atoms. The van der Waals surface area contributed by atoms with E-state index in [1.807, 2.05) is 37.3 Å². The summed E-state index contributed by atoms with van der Waals surface area (Å²) in [5.74, 6) is 1.97. The van der Waals surface area contributed by atoms with Crippen molar-refractivity contribution in [2.24, 2.45) is 0 Å². The molecular formula is C21H26N2O3. The van der Waals surface area contributed by atoms with Crippen molar-refractivity contribution in [2.45, 2.75) is 38.0 Å². The first-order chi connectivity index (χ1) is 12.5. The number of furan rings is 1. The van der Waals surface area contributed by atoms with Crippen molar-refractivity contribution in [2.75, 3.05) is 27.2 Å². The number of rotatable bonds is 3. The molecule has 1 aromatic carbocycles.